The first-order valence-corrected chi connectivity index (χ1v) is 4.82. The van der Waals surface area contributed by atoms with Crippen LogP contribution >= 0.6 is 0 Å². The van der Waals surface area contributed by atoms with Crippen molar-refractivity contribution >= 4 is 23.5 Å². The van der Waals surface area contributed by atoms with Crippen molar-refractivity contribution in [2.45, 2.75) is 0 Å². The van der Waals surface area contributed by atoms with Gasteiger partial charge in [0.1, 0.15) is 0 Å². The topological polar surface area (TPSA) is 151 Å². The molecule has 0 bridgehead atoms. The molecule has 0 heterocycles. The summed E-state index contributed by atoms with van der Waals surface area (Å²) in [5.74, 6) is -1.52. The van der Waals surface area contributed by atoms with Crippen LogP contribution in [0.1, 0.15) is 10.4 Å². The van der Waals surface area contributed by atoms with Crippen molar-refractivity contribution in [1.29, 1.82) is 0 Å². The lowest BCUT2D eigenvalue weighted by Gasteiger charge is -2.11. The Hall–Kier alpha value is -2.77. The van der Waals surface area contributed by atoms with Crippen LogP contribution in [0.25, 0.3) is 0 Å². The highest BCUT2D eigenvalue weighted by Gasteiger charge is 2.14. The van der Waals surface area contributed by atoms with E-state index in [0.29, 0.717) is 0 Å². The standard InChI is InChI=1S/C10H12N4O4/c11-6-3-1-2-5(9(12)16)8(6)18-4-7(15)14-10(13)17/h1-3H,4,11H2,(H2,12,16)(H3,13,14,15,17). The van der Waals surface area contributed by atoms with Crippen molar-refractivity contribution in [3.8, 4) is 5.75 Å². The van der Waals surface area contributed by atoms with Gasteiger partial charge in [-0.15, -0.1) is 0 Å². The van der Waals surface area contributed by atoms with E-state index < -0.39 is 24.5 Å². The van der Waals surface area contributed by atoms with Crippen molar-refractivity contribution < 1.29 is 19.1 Å². The molecule has 0 aliphatic heterocycles. The van der Waals surface area contributed by atoms with E-state index in [1.807, 2.05) is 0 Å². The summed E-state index contributed by atoms with van der Waals surface area (Å²) in [6.07, 6.45) is 0. The third-order valence-corrected chi connectivity index (χ3v) is 1.92. The second-order valence-electron chi connectivity index (χ2n) is 3.29. The van der Waals surface area contributed by atoms with E-state index in [-0.39, 0.29) is 17.0 Å². The maximum Gasteiger partial charge on any atom is 0.318 e. The molecule has 1 rings (SSSR count). The highest BCUT2D eigenvalue weighted by molar-refractivity contribution is 5.98. The summed E-state index contributed by atoms with van der Waals surface area (Å²) >= 11 is 0. The van der Waals surface area contributed by atoms with E-state index in [2.05, 4.69) is 0 Å². The number of primary amides is 2. The molecule has 0 aliphatic rings. The van der Waals surface area contributed by atoms with Gasteiger partial charge in [0.2, 0.25) is 0 Å². The molecule has 0 saturated heterocycles. The zero-order valence-electron chi connectivity index (χ0n) is 9.30. The quantitative estimate of drug-likeness (QED) is 0.503. The number of anilines is 1. The van der Waals surface area contributed by atoms with Gasteiger partial charge in [-0.05, 0) is 12.1 Å². The molecule has 0 radical (unpaired) electrons. The normalized spacial score (nSPS) is 9.56. The van der Waals surface area contributed by atoms with Gasteiger partial charge in [-0.3, -0.25) is 14.9 Å². The molecular formula is C10H12N4O4. The molecule has 8 nitrogen and oxygen atoms in total. The number of rotatable bonds is 4. The number of amides is 4. The number of ether oxygens (including phenoxy) is 1. The molecule has 0 saturated carbocycles. The summed E-state index contributed by atoms with van der Waals surface area (Å²) < 4.78 is 5.05. The van der Waals surface area contributed by atoms with Crippen LogP contribution < -0.4 is 27.3 Å². The summed E-state index contributed by atoms with van der Waals surface area (Å²) in [5.41, 5.74) is 15.7. The molecule has 1 aromatic carbocycles. The third kappa shape index (κ3) is 3.37. The summed E-state index contributed by atoms with van der Waals surface area (Å²) in [7, 11) is 0. The molecule has 0 atom stereocenters. The first-order chi connectivity index (χ1) is 8.41. The Morgan fingerprint density at radius 2 is 1.89 bits per heavy atom. The number of nitrogen functional groups attached to an aromatic ring is 1. The van der Waals surface area contributed by atoms with Crippen molar-refractivity contribution in [1.82, 2.24) is 5.32 Å². The van der Waals surface area contributed by atoms with Crippen LogP contribution in [-0.4, -0.2) is 24.5 Å². The molecule has 4 amide bonds. The second-order valence-corrected chi connectivity index (χ2v) is 3.29. The highest BCUT2D eigenvalue weighted by atomic mass is 16.5. The maximum atomic E-state index is 11.1. The Bertz CT molecular complexity index is 501. The van der Waals surface area contributed by atoms with E-state index in [0.717, 1.165) is 0 Å². The van der Waals surface area contributed by atoms with Gasteiger partial charge in [-0.25, -0.2) is 4.79 Å². The van der Waals surface area contributed by atoms with Gasteiger partial charge >= 0.3 is 6.03 Å². The summed E-state index contributed by atoms with van der Waals surface area (Å²) in [6.45, 7) is -0.516. The minimum atomic E-state index is -1.00. The minimum absolute atomic E-state index is 0.00961. The van der Waals surface area contributed by atoms with Gasteiger partial charge in [0.15, 0.2) is 12.4 Å². The zero-order valence-corrected chi connectivity index (χ0v) is 9.30. The van der Waals surface area contributed by atoms with Crippen LogP contribution in [-0.2, 0) is 4.79 Å². The molecule has 96 valence electrons. The summed E-state index contributed by atoms with van der Waals surface area (Å²) in [4.78, 5) is 32.6. The Labute approximate surface area is 102 Å². The van der Waals surface area contributed by atoms with Crippen LogP contribution in [0.15, 0.2) is 18.2 Å². The Morgan fingerprint density at radius 1 is 1.22 bits per heavy atom. The number of carbonyl (C=O) groups excluding carboxylic acids is 3. The molecule has 0 fully saturated rings. The number of hydrogen-bond donors (Lipinski definition) is 4. The molecule has 0 unspecified atom stereocenters. The number of nitrogens with two attached hydrogens (primary N) is 3. The van der Waals surface area contributed by atoms with Crippen LogP contribution in [0.5, 0.6) is 5.75 Å². The largest absolute Gasteiger partial charge is 0.481 e. The monoisotopic (exact) mass is 252 g/mol. The lowest BCUT2D eigenvalue weighted by Crippen LogP contribution is -2.38. The fourth-order valence-corrected chi connectivity index (χ4v) is 1.22. The Kier molecular flexibility index (Phi) is 4.08. The van der Waals surface area contributed by atoms with Crippen LogP contribution in [0.4, 0.5) is 10.5 Å². The molecule has 8 heteroatoms. The first-order valence-electron chi connectivity index (χ1n) is 4.82. The molecule has 18 heavy (non-hydrogen) atoms. The molecule has 0 spiro atoms. The molecule has 7 N–H and O–H groups in total. The van der Waals surface area contributed by atoms with E-state index in [1.165, 1.54) is 18.2 Å². The average molecular weight is 252 g/mol. The van der Waals surface area contributed by atoms with Gasteiger partial charge in [0, 0.05) is 0 Å². The van der Waals surface area contributed by atoms with Gasteiger partial charge in [-0.2, -0.15) is 0 Å². The number of nitrogens with one attached hydrogen (secondary N) is 1. The van der Waals surface area contributed by atoms with E-state index in [9.17, 15) is 14.4 Å². The van der Waals surface area contributed by atoms with Gasteiger partial charge < -0.3 is 21.9 Å². The number of carbonyl (C=O) groups is 3. The fourth-order valence-electron chi connectivity index (χ4n) is 1.22. The molecule has 0 aromatic heterocycles. The smallest absolute Gasteiger partial charge is 0.318 e. The summed E-state index contributed by atoms with van der Waals surface area (Å²) in [5, 5.41) is 1.80. The predicted octanol–water partition coefficient (Wildman–Crippen LogP) is -1.06. The van der Waals surface area contributed by atoms with Crippen molar-refractivity contribution in [2.24, 2.45) is 11.5 Å². The van der Waals surface area contributed by atoms with E-state index in [4.69, 9.17) is 21.9 Å². The number of para-hydroxylation sites is 1. The number of imide groups is 1. The SMILES string of the molecule is NC(=O)NC(=O)COc1c(N)cccc1C(N)=O. The van der Waals surface area contributed by atoms with Crippen LogP contribution in [0, 0.1) is 0 Å². The average Bonchev–Trinajstić information content (AvgIpc) is 2.25. The van der Waals surface area contributed by atoms with E-state index in [1.54, 1.807) is 5.32 Å². The molecule has 1 aromatic rings. The minimum Gasteiger partial charge on any atom is -0.481 e. The van der Waals surface area contributed by atoms with Gasteiger partial charge in [-0.1, -0.05) is 6.07 Å². The second kappa shape index (κ2) is 5.53. The highest BCUT2D eigenvalue weighted by Crippen LogP contribution is 2.25. The van der Waals surface area contributed by atoms with Crippen LogP contribution in [0.3, 0.4) is 0 Å². The predicted molar refractivity (Wildman–Crippen MR) is 62.6 cm³/mol. The van der Waals surface area contributed by atoms with Crippen molar-refractivity contribution in [2.75, 3.05) is 12.3 Å². The van der Waals surface area contributed by atoms with Gasteiger partial charge in [0.05, 0.1) is 11.3 Å². The lowest BCUT2D eigenvalue weighted by molar-refractivity contribution is -0.121. The van der Waals surface area contributed by atoms with Gasteiger partial charge in [0.25, 0.3) is 11.8 Å². The van der Waals surface area contributed by atoms with Crippen molar-refractivity contribution in [3.05, 3.63) is 23.8 Å². The molecule has 0 aliphatic carbocycles. The third-order valence-electron chi connectivity index (χ3n) is 1.92. The Morgan fingerprint density at radius 3 is 2.44 bits per heavy atom. The Balaban J connectivity index is 2.81. The zero-order chi connectivity index (χ0) is 13.7. The maximum absolute atomic E-state index is 11.1. The lowest BCUT2D eigenvalue weighted by atomic mass is 10.1. The fraction of sp³-hybridized carbons (Fsp3) is 0.100. The van der Waals surface area contributed by atoms with E-state index >= 15 is 0 Å². The van der Waals surface area contributed by atoms with Crippen molar-refractivity contribution in [3.63, 3.8) is 0 Å². The summed E-state index contributed by atoms with van der Waals surface area (Å²) in [6, 6.07) is 3.40. The van der Waals surface area contributed by atoms with Crippen LogP contribution in [0.2, 0.25) is 0 Å². The first kappa shape index (κ1) is 13.3. The number of hydrogen-bond acceptors (Lipinski definition) is 5. The molecular weight excluding hydrogens is 240 g/mol. The number of urea groups is 1. The number of benzene rings is 1.